The molecule has 16 nitrogen and oxygen atoms in total. The van der Waals surface area contributed by atoms with Gasteiger partial charge in [-0.3, -0.25) is 4.79 Å². The van der Waals surface area contributed by atoms with Crippen LogP contribution in [0.4, 0.5) is 0 Å². The smallest absolute Gasteiger partial charge is 0.239 e. The molecule has 10 atom stereocenters. The number of fused-ring (bicyclic) bond motifs is 1. The maximum atomic E-state index is 13.6. The SMILES string of the molecule is C[C@@H]1O[C@@H](OC[C@H]2O[C@@H](Oc3c(-c4ccc(O)cc4)oc4cc(O)c(O)c(O)c4c3=O)[C@H](O)[C@@H](O)[C@@H]2O)[C@@H](O)[C@H](O)[C@H]1O. The van der Waals surface area contributed by atoms with E-state index >= 15 is 0 Å². The molecule has 0 amide bonds. The molecule has 2 fully saturated rings. The molecule has 5 rings (SSSR count). The van der Waals surface area contributed by atoms with E-state index in [2.05, 4.69) is 0 Å². The molecule has 0 aliphatic carbocycles. The molecule has 2 aliphatic heterocycles. The maximum Gasteiger partial charge on any atom is 0.239 e. The summed E-state index contributed by atoms with van der Waals surface area (Å²) in [7, 11) is 0. The van der Waals surface area contributed by atoms with E-state index in [1.54, 1.807) is 0 Å². The Kier molecular flexibility index (Phi) is 8.41. The third-order valence-electron chi connectivity index (χ3n) is 7.33. The molecule has 2 aliphatic rings. The van der Waals surface area contributed by atoms with Gasteiger partial charge in [-0.25, -0.2) is 0 Å². The van der Waals surface area contributed by atoms with Gasteiger partial charge in [-0.1, -0.05) is 0 Å². The molecule has 0 saturated carbocycles. The van der Waals surface area contributed by atoms with Crippen molar-refractivity contribution in [3.63, 3.8) is 0 Å². The zero-order valence-electron chi connectivity index (χ0n) is 22.3. The van der Waals surface area contributed by atoms with Gasteiger partial charge < -0.3 is 74.4 Å². The third-order valence-corrected chi connectivity index (χ3v) is 7.33. The zero-order valence-corrected chi connectivity index (χ0v) is 22.3. The van der Waals surface area contributed by atoms with Crippen LogP contribution in [0.25, 0.3) is 22.3 Å². The second kappa shape index (κ2) is 11.8. The van der Waals surface area contributed by atoms with Gasteiger partial charge in [0, 0.05) is 11.6 Å². The highest BCUT2D eigenvalue weighted by molar-refractivity contribution is 5.91. The Bertz CT molecular complexity index is 1520. The molecule has 43 heavy (non-hydrogen) atoms. The van der Waals surface area contributed by atoms with Crippen molar-refractivity contribution in [2.75, 3.05) is 6.61 Å². The molecule has 16 heteroatoms. The lowest BCUT2D eigenvalue weighted by atomic mass is 9.98. The standard InChI is InChI=1S/C27H30O16/c1-8-15(30)20(35)22(37)26(40-8)39-7-13-17(32)21(36)23(38)27(42-13)43-25-19(34)14-12(6-11(29)16(31)18(14)33)41-24(25)9-2-4-10(28)5-3-9/h2-6,8,13,15,17,20-23,26-33,35-38H,7H2,1H3/t8-,13+,15-,17+,20+,21-,22-,23+,26+,27-/m0/s1. The Labute approximate surface area is 241 Å². The minimum Gasteiger partial charge on any atom is -0.508 e. The van der Waals surface area contributed by atoms with Gasteiger partial charge >= 0.3 is 0 Å². The molecule has 0 radical (unpaired) electrons. The van der Waals surface area contributed by atoms with E-state index in [4.69, 9.17) is 23.4 Å². The summed E-state index contributed by atoms with van der Waals surface area (Å²) in [4.78, 5) is 13.6. The van der Waals surface area contributed by atoms with Crippen molar-refractivity contribution < 1.29 is 74.4 Å². The predicted octanol–water partition coefficient (Wildman–Crippen LogP) is -1.69. The van der Waals surface area contributed by atoms with E-state index in [9.17, 15) is 55.9 Å². The van der Waals surface area contributed by atoms with E-state index in [-0.39, 0.29) is 22.7 Å². The van der Waals surface area contributed by atoms with Crippen molar-refractivity contribution in [1.82, 2.24) is 0 Å². The summed E-state index contributed by atoms with van der Waals surface area (Å²) in [6.45, 7) is 0.818. The van der Waals surface area contributed by atoms with Crippen molar-refractivity contribution in [3.05, 3.63) is 40.6 Å². The lowest BCUT2D eigenvalue weighted by Gasteiger charge is -2.42. The number of aliphatic hydroxyl groups is 6. The summed E-state index contributed by atoms with van der Waals surface area (Å²) in [5.74, 6) is -4.01. The Hall–Kier alpha value is -3.71. The molecule has 3 aromatic rings. The Morgan fingerprint density at radius 3 is 2.07 bits per heavy atom. The first-order valence-corrected chi connectivity index (χ1v) is 13.0. The van der Waals surface area contributed by atoms with Crippen LogP contribution in [0, 0.1) is 0 Å². The molecular weight excluding hydrogens is 580 g/mol. The Morgan fingerprint density at radius 2 is 1.40 bits per heavy atom. The van der Waals surface area contributed by atoms with Gasteiger partial charge in [0.1, 0.15) is 59.4 Å². The number of ether oxygens (including phenoxy) is 4. The van der Waals surface area contributed by atoms with Crippen LogP contribution >= 0.6 is 0 Å². The summed E-state index contributed by atoms with van der Waals surface area (Å²) >= 11 is 0. The summed E-state index contributed by atoms with van der Waals surface area (Å²) in [6, 6.07) is 6.06. The van der Waals surface area contributed by atoms with Crippen LogP contribution in [-0.4, -0.2) is 119 Å². The fourth-order valence-corrected chi connectivity index (χ4v) is 4.81. The monoisotopic (exact) mass is 610 g/mol. The number of aromatic hydroxyl groups is 4. The van der Waals surface area contributed by atoms with Crippen LogP contribution in [-0.2, 0) is 14.2 Å². The van der Waals surface area contributed by atoms with E-state index in [0.29, 0.717) is 0 Å². The summed E-state index contributed by atoms with van der Waals surface area (Å²) < 4.78 is 27.8. The molecule has 2 saturated heterocycles. The number of hydrogen-bond acceptors (Lipinski definition) is 16. The number of benzene rings is 2. The van der Waals surface area contributed by atoms with Crippen molar-refractivity contribution in [3.8, 4) is 40.1 Å². The first kappa shape index (κ1) is 30.7. The van der Waals surface area contributed by atoms with Crippen molar-refractivity contribution in [2.24, 2.45) is 0 Å². The number of phenolic OH excluding ortho intramolecular Hbond substituents is 4. The minimum absolute atomic E-state index is 0.135. The molecule has 0 unspecified atom stereocenters. The van der Waals surface area contributed by atoms with Gasteiger partial charge in [-0.05, 0) is 31.2 Å². The van der Waals surface area contributed by atoms with Gasteiger partial charge in [0.25, 0.3) is 0 Å². The highest BCUT2D eigenvalue weighted by atomic mass is 16.7. The van der Waals surface area contributed by atoms with Gasteiger partial charge in [0.15, 0.2) is 23.5 Å². The average molecular weight is 611 g/mol. The predicted molar refractivity (Wildman–Crippen MR) is 140 cm³/mol. The third kappa shape index (κ3) is 5.55. The lowest BCUT2D eigenvalue weighted by Crippen LogP contribution is -2.61. The lowest BCUT2D eigenvalue weighted by molar-refractivity contribution is -0.318. The minimum atomic E-state index is -1.97. The van der Waals surface area contributed by atoms with Crippen LogP contribution in [0.15, 0.2) is 39.5 Å². The second-order valence-electron chi connectivity index (χ2n) is 10.2. The van der Waals surface area contributed by atoms with Crippen LogP contribution in [0.5, 0.6) is 28.7 Å². The van der Waals surface area contributed by atoms with Crippen LogP contribution in [0.3, 0.4) is 0 Å². The molecular formula is C27H30O16. The molecule has 1 aromatic heterocycles. The van der Waals surface area contributed by atoms with E-state index in [0.717, 1.165) is 6.07 Å². The van der Waals surface area contributed by atoms with E-state index in [1.165, 1.54) is 31.2 Å². The average Bonchev–Trinajstić information content (AvgIpc) is 2.98. The Balaban J connectivity index is 1.48. The summed E-state index contributed by atoms with van der Waals surface area (Å²) in [5, 5.41) is 101. The van der Waals surface area contributed by atoms with Gasteiger partial charge in [-0.15, -0.1) is 0 Å². The van der Waals surface area contributed by atoms with E-state index in [1.807, 2.05) is 0 Å². The maximum absolute atomic E-state index is 13.6. The van der Waals surface area contributed by atoms with Crippen LogP contribution in [0.2, 0.25) is 0 Å². The van der Waals surface area contributed by atoms with Gasteiger partial charge in [0.05, 0.1) is 12.7 Å². The van der Waals surface area contributed by atoms with Crippen LogP contribution in [0.1, 0.15) is 6.92 Å². The van der Waals surface area contributed by atoms with Crippen LogP contribution < -0.4 is 10.2 Å². The number of aliphatic hydroxyl groups excluding tert-OH is 6. The summed E-state index contributed by atoms with van der Waals surface area (Å²) in [5.41, 5.74) is -1.32. The van der Waals surface area contributed by atoms with Crippen molar-refractivity contribution in [2.45, 2.75) is 68.3 Å². The number of phenols is 4. The second-order valence-corrected chi connectivity index (χ2v) is 10.2. The largest absolute Gasteiger partial charge is 0.508 e. The highest BCUT2D eigenvalue weighted by Crippen LogP contribution is 2.43. The first-order valence-electron chi connectivity index (χ1n) is 13.0. The normalized spacial score (nSPS) is 33.0. The number of rotatable bonds is 6. The highest BCUT2D eigenvalue weighted by Gasteiger charge is 2.48. The van der Waals surface area contributed by atoms with Gasteiger partial charge in [0.2, 0.25) is 23.2 Å². The Morgan fingerprint density at radius 1 is 0.767 bits per heavy atom. The molecule has 3 heterocycles. The topological polar surface area (TPSA) is 269 Å². The molecule has 234 valence electrons. The van der Waals surface area contributed by atoms with Gasteiger partial charge in [-0.2, -0.15) is 0 Å². The summed E-state index contributed by atoms with van der Waals surface area (Å²) in [6.07, 6.45) is -16.2. The van der Waals surface area contributed by atoms with Crippen molar-refractivity contribution >= 4 is 11.0 Å². The quantitative estimate of drug-likeness (QED) is 0.140. The number of hydrogen-bond donors (Lipinski definition) is 10. The first-order chi connectivity index (χ1) is 20.3. The van der Waals surface area contributed by atoms with Crippen molar-refractivity contribution in [1.29, 1.82) is 0 Å². The van der Waals surface area contributed by atoms with E-state index < -0.39 is 102 Å². The molecule has 10 N–H and O–H groups in total. The zero-order chi connectivity index (χ0) is 31.3. The fourth-order valence-electron chi connectivity index (χ4n) is 4.81. The molecule has 0 bridgehead atoms. The molecule has 2 aromatic carbocycles. The molecule has 0 spiro atoms. The fraction of sp³-hybridized carbons (Fsp3) is 0.444.